The molecule has 1 aromatic heterocycles. The Bertz CT molecular complexity index is 365. The van der Waals surface area contributed by atoms with Crippen molar-refractivity contribution in [3.8, 4) is 0 Å². The molecule has 0 radical (unpaired) electrons. The van der Waals surface area contributed by atoms with Gasteiger partial charge in [-0.15, -0.1) is 0 Å². The monoisotopic (exact) mass is 264 g/mol. The van der Waals surface area contributed by atoms with Gasteiger partial charge in [0.2, 0.25) is 0 Å². The Hall–Kier alpha value is -1.32. The first-order valence-corrected chi connectivity index (χ1v) is 7.48. The van der Waals surface area contributed by atoms with Gasteiger partial charge in [0.05, 0.1) is 0 Å². The molecule has 0 aliphatic heterocycles. The maximum Gasteiger partial charge on any atom is 0.134 e. The Labute approximate surface area is 117 Å². The van der Waals surface area contributed by atoms with Crippen molar-refractivity contribution < 1.29 is 0 Å². The van der Waals surface area contributed by atoms with Crippen LogP contribution in [-0.4, -0.2) is 30.1 Å². The van der Waals surface area contributed by atoms with E-state index in [1.54, 1.807) is 0 Å². The number of hydrogen-bond donors (Lipinski definition) is 1. The first-order valence-electron chi connectivity index (χ1n) is 7.48. The van der Waals surface area contributed by atoms with Crippen molar-refractivity contribution >= 4 is 11.6 Å². The van der Waals surface area contributed by atoms with Gasteiger partial charge in [-0.1, -0.05) is 33.1 Å². The third-order valence-electron chi connectivity index (χ3n) is 3.15. The topological polar surface area (TPSA) is 41.0 Å². The fraction of sp³-hybridized carbons (Fsp3) is 0.733. The molecule has 0 saturated heterocycles. The highest BCUT2D eigenvalue weighted by Crippen LogP contribution is 2.15. The van der Waals surface area contributed by atoms with E-state index in [1.807, 2.05) is 6.92 Å². The van der Waals surface area contributed by atoms with Gasteiger partial charge < -0.3 is 10.2 Å². The molecule has 0 fully saturated rings. The summed E-state index contributed by atoms with van der Waals surface area (Å²) in [6.07, 6.45) is 6.10. The molecule has 19 heavy (non-hydrogen) atoms. The summed E-state index contributed by atoms with van der Waals surface area (Å²) in [6, 6.07) is 2.05. The summed E-state index contributed by atoms with van der Waals surface area (Å²) in [4.78, 5) is 11.2. The van der Waals surface area contributed by atoms with Crippen LogP contribution in [0.5, 0.6) is 0 Å². The third-order valence-corrected chi connectivity index (χ3v) is 3.15. The van der Waals surface area contributed by atoms with E-state index in [0.717, 1.165) is 30.5 Å². The molecule has 0 saturated carbocycles. The van der Waals surface area contributed by atoms with E-state index >= 15 is 0 Å². The van der Waals surface area contributed by atoms with E-state index in [2.05, 4.69) is 47.1 Å². The molecule has 1 N–H and O–H groups in total. The summed E-state index contributed by atoms with van der Waals surface area (Å²) in [7, 11) is 2.10. The van der Waals surface area contributed by atoms with E-state index in [0.29, 0.717) is 0 Å². The van der Waals surface area contributed by atoms with E-state index in [1.165, 1.54) is 32.1 Å². The Morgan fingerprint density at radius 3 is 2.53 bits per heavy atom. The molecule has 1 heterocycles. The number of aryl methyl sites for hydroxylation is 1. The standard InChI is InChI=1S/C15H28N4/c1-5-7-9-10-16-14-12-15(18-13(3)17-14)19(4)11-8-6-2/h12H,5-11H2,1-4H3,(H,16,17,18). The molecule has 0 aliphatic carbocycles. The summed E-state index contributed by atoms with van der Waals surface area (Å²) in [5.41, 5.74) is 0. The zero-order chi connectivity index (χ0) is 14.1. The van der Waals surface area contributed by atoms with Gasteiger partial charge in [0.1, 0.15) is 17.5 Å². The predicted octanol–water partition coefficient (Wildman–Crippen LogP) is 3.62. The first kappa shape index (κ1) is 15.7. The smallest absolute Gasteiger partial charge is 0.134 e. The third kappa shape index (κ3) is 5.90. The van der Waals surface area contributed by atoms with Crippen molar-refractivity contribution in [2.45, 2.75) is 52.9 Å². The summed E-state index contributed by atoms with van der Waals surface area (Å²) in [5, 5.41) is 3.39. The number of hydrogen-bond acceptors (Lipinski definition) is 4. The second kappa shape index (κ2) is 8.73. The second-order valence-corrected chi connectivity index (χ2v) is 5.07. The maximum absolute atomic E-state index is 4.51. The molecule has 4 heteroatoms. The van der Waals surface area contributed by atoms with Crippen molar-refractivity contribution in [3.63, 3.8) is 0 Å². The van der Waals surface area contributed by atoms with Crippen LogP contribution in [0.15, 0.2) is 6.07 Å². The highest BCUT2D eigenvalue weighted by atomic mass is 15.2. The summed E-state index contributed by atoms with van der Waals surface area (Å²) < 4.78 is 0. The lowest BCUT2D eigenvalue weighted by molar-refractivity contribution is 0.740. The van der Waals surface area contributed by atoms with E-state index in [4.69, 9.17) is 0 Å². The molecule has 0 atom stereocenters. The second-order valence-electron chi connectivity index (χ2n) is 5.07. The van der Waals surface area contributed by atoms with E-state index in [9.17, 15) is 0 Å². The van der Waals surface area contributed by atoms with Crippen LogP contribution >= 0.6 is 0 Å². The lowest BCUT2D eigenvalue weighted by Crippen LogP contribution is -2.20. The molecule has 0 aliphatic rings. The average molecular weight is 264 g/mol. The predicted molar refractivity (Wildman–Crippen MR) is 83.0 cm³/mol. The van der Waals surface area contributed by atoms with Gasteiger partial charge in [-0.2, -0.15) is 0 Å². The average Bonchev–Trinajstić information content (AvgIpc) is 2.40. The number of unbranched alkanes of at least 4 members (excludes halogenated alkanes) is 3. The van der Waals surface area contributed by atoms with Gasteiger partial charge in [-0.05, 0) is 19.8 Å². The molecule has 0 amide bonds. The van der Waals surface area contributed by atoms with Gasteiger partial charge in [0.25, 0.3) is 0 Å². The normalized spacial score (nSPS) is 10.5. The van der Waals surface area contributed by atoms with Crippen LogP contribution in [0.1, 0.15) is 51.8 Å². The number of aromatic nitrogens is 2. The number of nitrogens with one attached hydrogen (secondary N) is 1. The Kier molecular flexibility index (Phi) is 7.23. The van der Waals surface area contributed by atoms with Crippen molar-refractivity contribution in [2.24, 2.45) is 0 Å². The maximum atomic E-state index is 4.51. The molecule has 0 aromatic carbocycles. The molecular weight excluding hydrogens is 236 g/mol. The number of rotatable bonds is 9. The van der Waals surface area contributed by atoms with Crippen LogP contribution in [0, 0.1) is 6.92 Å². The minimum atomic E-state index is 0.832. The molecular formula is C15H28N4. The zero-order valence-electron chi connectivity index (χ0n) is 12.9. The minimum absolute atomic E-state index is 0.832. The fourth-order valence-corrected chi connectivity index (χ4v) is 1.94. The fourth-order valence-electron chi connectivity index (χ4n) is 1.94. The zero-order valence-corrected chi connectivity index (χ0v) is 12.9. The first-order chi connectivity index (χ1) is 9.17. The van der Waals surface area contributed by atoms with Gasteiger partial charge >= 0.3 is 0 Å². The summed E-state index contributed by atoms with van der Waals surface area (Å²) >= 11 is 0. The minimum Gasteiger partial charge on any atom is -0.370 e. The SMILES string of the molecule is CCCCCNc1cc(N(C)CCCC)nc(C)n1. The Balaban J connectivity index is 2.60. The summed E-state index contributed by atoms with van der Waals surface area (Å²) in [6.45, 7) is 8.41. The van der Waals surface area contributed by atoms with Crippen molar-refractivity contribution in [1.29, 1.82) is 0 Å². The molecule has 0 spiro atoms. The Morgan fingerprint density at radius 2 is 1.84 bits per heavy atom. The van der Waals surface area contributed by atoms with Gasteiger partial charge in [-0.3, -0.25) is 0 Å². The molecule has 108 valence electrons. The van der Waals surface area contributed by atoms with Crippen LogP contribution in [0.25, 0.3) is 0 Å². The highest BCUT2D eigenvalue weighted by Gasteiger charge is 2.06. The van der Waals surface area contributed by atoms with Gasteiger partial charge in [0, 0.05) is 26.2 Å². The molecule has 4 nitrogen and oxygen atoms in total. The number of anilines is 2. The van der Waals surface area contributed by atoms with E-state index in [-0.39, 0.29) is 0 Å². The number of nitrogens with zero attached hydrogens (tertiary/aromatic N) is 3. The van der Waals surface area contributed by atoms with Crippen molar-refractivity contribution in [2.75, 3.05) is 30.4 Å². The quantitative estimate of drug-likeness (QED) is 0.692. The molecule has 1 aromatic rings. The van der Waals surface area contributed by atoms with Crippen LogP contribution in [-0.2, 0) is 0 Å². The van der Waals surface area contributed by atoms with Crippen molar-refractivity contribution in [1.82, 2.24) is 9.97 Å². The van der Waals surface area contributed by atoms with E-state index < -0.39 is 0 Å². The van der Waals surface area contributed by atoms with Crippen LogP contribution in [0.4, 0.5) is 11.6 Å². The van der Waals surface area contributed by atoms with Gasteiger partial charge in [0.15, 0.2) is 0 Å². The summed E-state index contributed by atoms with van der Waals surface area (Å²) in [5.74, 6) is 2.79. The van der Waals surface area contributed by atoms with Gasteiger partial charge in [-0.25, -0.2) is 9.97 Å². The van der Waals surface area contributed by atoms with Crippen molar-refractivity contribution in [3.05, 3.63) is 11.9 Å². The van der Waals surface area contributed by atoms with Crippen LogP contribution in [0.3, 0.4) is 0 Å². The largest absolute Gasteiger partial charge is 0.370 e. The highest BCUT2D eigenvalue weighted by molar-refractivity contribution is 5.48. The lowest BCUT2D eigenvalue weighted by Gasteiger charge is -2.19. The molecule has 1 rings (SSSR count). The Morgan fingerprint density at radius 1 is 1.11 bits per heavy atom. The molecule has 0 bridgehead atoms. The van der Waals surface area contributed by atoms with Crippen LogP contribution in [0.2, 0.25) is 0 Å². The lowest BCUT2D eigenvalue weighted by atomic mass is 10.2. The molecule has 0 unspecified atom stereocenters. The van der Waals surface area contributed by atoms with Crippen LogP contribution < -0.4 is 10.2 Å².